The normalized spacial score (nSPS) is 13.5. The fourth-order valence-electron chi connectivity index (χ4n) is 3.56. The second-order valence-electron chi connectivity index (χ2n) is 7.29. The minimum Gasteiger partial charge on any atom is -0.389 e. The van der Waals surface area contributed by atoms with Crippen LogP contribution in [0.25, 0.3) is 11.0 Å². The van der Waals surface area contributed by atoms with E-state index >= 15 is 0 Å². The van der Waals surface area contributed by atoms with Crippen molar-refractivity contribution in [3.8, 4) is 0 Å². The number of halogens is 2. The van der Waals surface area contributed by atoms with Crippen molar-refractivity contribution in [2.45, 2.75) is 25.7 Å². The highest BCUT2D eigenvalue weighted by Crippen LogP contribution is 2.28. The van der Waals surface area contributed by atoms with E-state index in [1.165, 1.54) is 6.33 Å². The molecule has 4 rings (SSSR count). The zero-order valence-electron chi connectivity index (χ0n) is 16.5. The first-order chi connectivity index (χ1) is 14.5. The van der Waals surface area contributed by atoms with Gasteiger partial charge in [-0.3, -0.25) is 0 Å². The number of aryl methyl sites for hydroxylation is 1. The van der Waals surface area contributed by atoms with Gasteiger partial charge in [0.1, 0.15) is 6.10 Å². The van der Waals surface area contributed by atoms with Gasteiger partial charge in [-0.05, 0) is 23.6 Å². The lowest BCUT2D eigenvalue weighted by atomic mass is 9.97. The standard InChI is InChI=1S/C24H22F2N2O2/c1-16-7-5-6-10-19(16)24(17-8-3-2-4-9-17)30-14-18(29)13-28-15-27-22-11-20(25)21(26)12-23(22)28/h2-12,15,18,24,29H,13-14H2,1H3. The van der Waals surface area contributed by atoms with Crippen molar-refractivity contribution >= 4 is 11.0 Å². The molecule has 2 unspecified atom stereocenters. The third-order valence-corrected chi connectivity index (χ3v) is 5.10. The van der Waals surface area contributed by atoms with Gasteiger partial charge in [0.05, 0.1) is 36.6 Å². The van der Waals surface area contributed by atoms with E-state index in [9.17, 15) is 13.9 Å². The summed E-state index contributed by atoms with van der Waals surface area (Å²) in [4.78, 5) is 4.08. The predicted octanol–water partition coefficient (Wildman–Crippen LogP) is 4.79. The van der Waals surface area contributed by atoms with Gasteiger partial charge in [-0.15, -0.1) is 0 Å². The van der Waals surface area contributed by atoms with Crippen LogP contribution in [0.1, 0.15) is 22.8 Å². The van der Waals surface area contributed by atoms with Crippen molar-refractivity contribution in [2.24, 2.45) is 0 Å². The number of ether oxygens (including phenoxy) is 1. The van der Waals surface area contributed by atoms with Crippen LogP contribution in [-0.2, 0) is 11.3 Å². The number of aromatic nitrogens is 2. The molecule has 0 bridgehead atoms. The number of hydrogen-bond donors (Lipinski definition) is 1. The molecule has 1 N–H and O–H groups in total. The van der Waals surface area contributed by atoms with E-state index in [4.69, 9.17) is 4.74 Å². The number of rotatable bonds is 7. The fourth-order valence-corrected chi connectivity index (χ4v) is 3.56. The highest BCUT2D eigenvalue weighted by molar-refractivity contribution is 5.75. The molecule has 0 aliphatic heterocycles. The molecule has 0 saturated heterocycles. The van der Waals surface area contributed by atoms with Crippen LogP contribution in [0, 0.1) is 18.6 Å². The first kappa shape index (κ1) is 20.2. The van der Waals surface area contributed by atoms with Crippen molar-refractivity contribution < 1.29 is 18.6 Å². The van der Waals surface area contributed by atoms with Crippen LogP contribution in [0.4, 0.5) is 8.78 Å². The van der Waals surface area contributed by atoms with Gasteiger partial charge < -0.3 is 14.4 Å². The molecule has 0 aliphatic rings. The molecule has 0 amide bonds. The summed E-state index contributed by atoms with van der Waals surface area (Å²) in [5.74, 6) is -1.89. The average Bonchev–Trinajstić information content (AvgIpc) is 3.12. The van der Waals surface area contributed by atoms with Crippen LogP contribution < -0.4 is 0 Å². The summed E-state index contributed by atoms with van der Waals surface area (Å²) < 4.78 is 34.7. The van der Waals surface area contributed by atoms with Crippen LogP contribution in [-0.4, -0.2) is 27.4 Å². The van der Waals surface area contributed by atoms with Gasteiger partial charge in [0.25, 0.3) is 0 Å². The highest BCUT2D eigenvalue weighted by atomic mass is 19.2. The van der Waals surface area contributed by atoms with Crippen LogP contribution in [0.3, 0.4) is 0 Å². The maximum Gasteiger partial charge on any atom is 0.161 e. The number of nitrogens with zero attached hydrogens (tertiary/aromatic N) is 2. The first-order valence-electron chi connectivity index (χ1n) is 9.73. The second kappa shape index (κ2) is 8.73. The molecular weight excluding hydrogens is 386 g/mol. The van der Waals surface area contributed by atoms with Crippen LogP contribution >= 0.6 is 0 Å². The molecule has 0 aliphatic carbocycles. The highest BCUT2D eigenvalue weighted by Gasteiger charge is 2.19. The Morgan fingerprint density at radius 3 is 2.47 bits per heavy atom. The monoisotopic (exact) mass is 408 g/mol. The summed E-state index contributed by atoms with van der Waals surface area (Å²) in [7, 11) is 0. The molecule has 4 aromatic rings. The number of hydrogen-bond acceptors (Lipinski definition) is 3. The maximum absolute atomic E-state index is 13.6. The first-order valence-corrected chi connectivity index (χ1v) is 9.73. The van der Waals surface area contributed by atoms with E-state index in [0.29, 0.717) is 11.0 Å². The third-order valence-electron chi connectivity index (χ3n) is 5.10. The Labute approximate surface area is 173 Å². The molecule has 1 heterocycles. The Balaban J connectivity index is 1.51. The minimum atomic E-state index is -0.946. The molecule has 6 heteroatoms. The van der Waals surface area contributed by atoms with E-state index in [-0.39, 0.29) is 19.3 Å². The Kier molecular flexibility index (Phi) is 5.88. The van der Waals surface area contributed by atoms with Crippen LogP contribution in [0.15, 0.2) is 73.1 Å². The number of benzene rings is 3. The van der Waals surface area contributed by atoms with Crippen molar-refractivity contribution in [2.75, 3.05) is 6.61 Å². The molecule has 0 spiro atoms. The summed E-state index contributed by atoms with van der Waals surface area (Å²) in [6.07, 6.45) is 0.279. The lowest BCUT2D eigenvalue weighted by molar-refractivity contribution is -0.000363. The lowest BCUT2D eigenvalue weighted by Crippen LogP contribution is -2.23. The molecule has 3 aromatic carbocycles. The largest absolute Gasteiger partial charge is 0.389 e. The topological polar surface area (TPSA) is 47.3 Å². The Morgan fingerprint density at radius 2 is 1.70 bits per heavy atom. The molecule has 154 valence electrons. The number of aliphatic hydroxyl groups excluding tert-OH is 1. The third kappa shape index (κ3) is 4.25. The SMILES string of the molecule is Cc1ccccc1C(OCC(O)Cn1cnc2cc(F)c(F)cc21)c1ccccc1. The van der Waals surface area contributed by atoms with E-state index in [2.05, 4.69) is 4.98 Å². The van der Waals surface area contributed by atoms with Gasteiger partial charge in [-0.25, -0.2) is 13.8 Å². The van der Waals surface area contributed by atoms with E-state index in [1.807, 2.05) is 61.5 Å². The number of imidazole rings is 1. The van der Waals surface area contributed by atoms with Crippen molar-refractivity contribution in [1.29, 1.82) is 0 Å². The molecule has 0 saturated carbocycles. The van der Waals surface area contributed by atoms with E-state index in [1.54, 1.807) is 4.57 Å². The van der Waals surface area contributed by atoms with Crippen molar-refractivity contribution in [3.05, 3.63) is 101 Å². The van der Waals surface area contributed by atoms with Gasteiger partial charge in [0.2, 0.25) is 0 Å². The second-order valence-corrected chi connectivity index (χ2v) is 7.29. The molecule has 30 heavy (non-hydrogen) atoms. The van der Waals surface area contributed by atoms with Crippen molar-refractivity contribution in [3.63, 3.8) is 0 Å². The molecular formula is C24H22F2N2O2. The average molecular weight is 408 g/mol. The predicted molar refractivity (Wildman–Crippen MR) is 111 cm³/mol. The van der Waals surface area contributed by atoms with Gasteiger partial charge in [-0.1, -0.05) is 54.6 Å². The summed E-state index contributed by atoms with van der Waals surface area (Å²) in [6.45, 7) is 2.24. The zero-order chi connectivity index (χ0) is 21.1. The minimum absolute atomic E-state index is 0.0667. The molecule has 1 aromatic heterocycles. The summed E-state index contributed by atoms with van der Waals surface area (Å²) in [5.41, 5.74) is 3.88. The number of aliphatic hydroxyl groups is 1. The van der Waals surface area contributed by atoms with Gasteiger partial charge in [-0.2, -0.15) is 0 Å². The summed E-state index contributed by atoms with van der Waals surface area (Å²) in [6, 6.07) is 19.9. The number of fused-ring (bicyclic) bond motifs is 1. The molecule has 0 fully saturated rings. The zero-order valence-corrected chi connectivity index (χ0v) is 16.5. The Bertz CT molecular complexity index is 1140. The molecule has 2 atom stereocenters. The summed E-state index contributed by atoms with van der Waals surface area (Å²) in [5, 5.41) is 10.6. The van der Waals surface area contributed by atoms with E-state index in [0.717, 1.165) is 28.8 Å². The fraction of sp³-hybridized carbons (Fsp3) is 0.208. The molecule has 4 nitrogen and oxygen atoms in total. The van der Waals surface area contributed by atoms with Crippen LogP contribution in [0.5, 0.6) is 0 Å². The maximum atomic E-state index is 13.6. The Hall–Kier alpha value is -3.09. The van der Waals surface area contributed by atoms with Gasteiger partial charge in [0, 0.05) is 12.1 Å². The quantitative estimate of drug-likeness (QED) is 0.478. The van der Waals surface area contributed by atoms with Gasteiger partial charge >= 0.3 is 0 Å². The van der Waals surface area contributed by atoms with Gasteiger partial charge in [0.15, 0.2) is 11.6 Å². The Morgan fingerprint density at radius 1 is 1.00 bits per heavy atom. The smallest absolute Gasteiger partial charge is 0.161 e. The van der Waals surface area contributed by atoms with E-state index < -0.39 is 17.7 Å². The van der Waals surface area contributed by atoms with Crippen LogP contribution in [0.2, 0.25) is 0 Å². The lowest BCUT2D eigenvalue weighted by Gasteiger charge is -2.23. The summed E-state index contributed by atoms with van der Waals surface area (Å²) >= 11 is 0. The molecule has 0 radical (unpaired) electrons. The van der Waals surface area contributed by atoms with Crippen molar-refractivity contribution in [1.82, 2.24) is 9.55 Å².